The Hall–Kier alpha value is -0.960. The molecule has 0 atom stereocenters. The lowest BCUT2D eigenvalue weighted by atomic mass is 10.2. The molecule has 0 spiro atoms. The summed E-state index contributed by atoms with van der Waals surface area (Å²) in [5.41, 5.74) is 1.17. The van der Waals surface area contributed by atoms with Crippen molar-refractivity contribution in [2.45, 2.75) is 43.4 Å². The van der Waals surface area contributed by atoms with E-state index < -0.39 is 0 Å². The first kappa shape index (κ1) is 12.5. The van der Waals surface area contributed by atoms with E-state index >= 15 is 0 Å². The standard InChI is InChI=1S/C14H19NOS/c1-10(2)17-13-7-3-11(4-8-13)9-15-14(16)12-5-6-12/h3-4,7-8,10,12H,5-6,9H2,1-2H3,(H,15,16). The van der Waals surface area contributed by atoms with Crippen molar-refractivity contribution in [1.82, 2.24) is 5.32 Å². The van der Waals surface area contributed by atoms with Gasteiger partial charge >= 0.3 is 0 Å². The highest BCUT2D eigenvalue weighted by Gasteiger charge is 2.29. The number of amides is 1. The number of rotatable bonds is 5. The van der Waals surface area contributed by atoms with Gasteiger partial charge in [0.05, 0.1) is 0 Å². The molecule has 3 heteroatoms. The van der Waals surface area contributed by atoms with Crippen molar-refractivity contribution < 1.29 is 4.79 Å². The first-order valence-electron chi connectivity index (χ1n) is 6.18. The van der Waals surface area contributed by atoms with Crippen LogP contribution in [0.3, 0.4) is 0 Å². The molecule has 0 aliphatic heterocycles. The Balaban J connectivity index is 1.82. The van der Waals surface area contributed by atoms with Gasteiger partial charge in [-0.05, 0) is 30.5 Å². The number of carbonyl (C=O) groups excluding carboxylic acids is 1. The van der Waals surface area contributed by atoms with Crippen LogP contribution in [-0.2, 0) is 11.3 Å². The van der Waals surface area contributed by atoms with Crippen LogP contribution in [0.1, 0.15) is 32.3 Å². The van der Waals surface area contributed by atoms with Gasteiger partial charge in [-0.2, -0.15) is 0 Å². The summed E-state index contributed by atoms with van der Waals surface area (Å²) in [6.45, 7) is 5.03. The second kappa shape index (κ2) is 5.58. The van der Waals surface area contributed by atoms with Crippen molar-refractivity contribution >= 4 is 17.7 Å². The highest BCUT2D eigenvalue weighted by Crippen LogP contribution is 2.29. The van der Waals surface area contributed by atoms with Gasteiger partial charge < -0.3 is 5.32 Å². The number of hydrogen-bond acceptors (Lipinski definition) is 2. The molecule has 1 saturated carbocycles. The number of nitrogens with one attached hydrogen (secondary N) is 1. The molecule has 1 N–H and O–H groups in total. The number of benzene rings is 1. The van der Waals surface area contributed by atoms with E-state index in [0.717, 1.165) is 12.8 Å². The van der Waals surface area contributed by atoms with Crippen molar-refractivity contribution in [3.63, 3.8) is 0 Å². The maximum atomic E-state index is 11.5. The fraction of sp³-hybridized carbons (Fsp3) is 0.500. The first-order valence-corrected chi connectivity index (χ1v) is 7.06. The molecule has 1 aliphatic rings. The van der Waals surface area contributed by atoms with E-state index in [9.17, 15) is 4.79 Å². The van der Waals surface area contributed by atoms with Crippen molar-refractivity contribution in [3.8, 4) is 0 Å². The van der Waals surface area contributed by atoms with Gasteiger partial charge in [0.2, 0.25) is 5.91 Å². The summed E-state index contributed by atoms with van der Waals surface area (Å²) in [6.07, 6.45) is 2.13. The fourth-order valence-corrected chi connectivity index (χ4v) is 2.47. The molecule has 2 rings (SSSR count). The van der Waals surface area contributed by atoms with Crippen LogP contribution in [0.25, 0.3) is 0 Å². The molecule has 1 amide bonds. The number of thioether (sulfide) groups is 1. The zero-order valence-electron chi connectivity index (χ0n) is 10.4. The van der Waals surface area contributed by atoms with Gasteiger partial charge in [-0.3, -0.25) is 4.79 Å². The molecule has 1 aromatic carbocycles. The Morgan fingerprint density at radius 2 is 2.00 bits per heavy atom. The van der Waals surface area contributed by atoms with E-state index in [2.05, 4.69) is 43.4 Å². The van der Waals surface area contributed by atoms with Gasteiger partial charge in [0.15, 0.2) is 0 Å². The fourth-order valence-electron chi connectivity index (χ4n) is 1.64. The van der Waals surface area contributed by atoms with Crippen molar-refractivity contribution in [3.05, 3.63) is 29.8 Å². The smallest absolute Gasteiger partial charge is 0.223 e. The minimum Gasteiger partial charge on any atom is -0.352 e. The van der Waals surface area contributed by atoms with E-state index in [0.29, 0.717) is 17.7 Å². The predicted octanol–water partition coefficient (Wildman–Crippen LogP) is 3.21. The highest BCUT2D eigenvalue weighted by atomic mass is 32.2. The monoisotopic (exact) mass is 249 g/mol. The number of carbonyl (C=O) groups is 1. The largest absolute Gasteiger partial charge is 0.352 e. The highest BCUT2D eigenvalue weighted by molar-refractivity contribution is 7.99. The number of hydrogen-bond donors (Lipinski definition) is 1. The Morgan fingerprint density at radius 1 is 1.35 bits per heavy atom. The van der Waals surface area contributed by atoms with Crippen LogP contribution in [0.2, 0.25) is 0 Å². The van der Waals surface area contributed by atoms with E-state index in [1.54, 1.807) is 0 Å². The Labute approximate surface area is 107 Å². The molecule has 2 nitrogen and oxygen atoms in total. The summed E-state index contributed by atoms with van der Waals surface area (Å²) in [5, 5.41) is 3.58. The van der Waals surface area contributed by atoms with Gasteiger partial charge in [0.1, 0.15) is 0 Å². The van der Waals surface area contributed by atoms with Crippen molar-refractivity contribution in [2.75, 3.05) is 0 Å². The summed E-state index contributed by atoms with van der Waals surface area (Å²) in [5.74, 6) is 0.511. The molecule has 92 valence electrons. The van der Waals surface area contributed by atoms with Crippen LogP contribution >= 0.6 is 11.8 Å². The molecule has 0 aromatic heterocycles. The van der Waals surface area contributed by atoms with E-state index in [-0.39, 0.29) is 5.91 Å². The second-order valence-corrected chi connectivity index (χ2v) is 6.45. The van der Waals surface area contributed by atoms with E-state index in [1.807, 2.05) is 11.8 Å². The molecule has 1 aromatic rings. The topological polar surface area (TPSA) is 29.1 Å². The second-order valence-electron chi connectivity index (χ2n) is 4.80. The minimum atomic E-state index is 0.214. The molecule has 1 aliphatic carbocycles. The van der Waals surface area contributed by atoms with Crippen molar-refractivity contribution in [1.29, 1.82) is 0 Å². The Morgan fingerprint density at radius 3 is 2.53 bits per heavy atom. The molecule has 0 unspecified atom stereocenters. The van der Waals surface area contributed by atoms with Crippen LogP contribution in [0, 0.1) is 5.92 Å². The first-order chi connectivity index (χ1) is 8.15. The van der Waals surface area contributed by atoms with E-state index in [4.69, 9.17) is 0 Å². The van der Waals surface area contributed by atoms with E-state index in [1.165, 1.54) is 10.5 Å². The maximum Gasteiger partial charge on any atom is 0.223 e. The lowest BCUT2D eigenvalue weighted by Crippen LogP contribution is -2.24. The van der Waals surface area contributed by atoms with Gasteiger partial charge in [-0.25, -0.2) is 0 Å². The summed E-state index contributed by atoms with van der Waals surface area (Å²) in [4.78, 5) is 12.8. The SMILES string of the molecule is CC(C)Sc1ccc(CNC(=O)C2CC2)cc1. The third-order valence-corrected chi connectivity index (χ3v) is 3.73. The molecule has 0 heterocycles. The summed E-state index contributed by atoms with van der Waals surface area (Å²) >= 11 is 1.86. The lowest BCUT2D eigenvalue weighted by molar-refractivity contribution is -0.122. The molecular weight excluding hydrogens is 230 g/mol. The average molecular weight is 249 g/mol. The summed E-state index contributed by atoms with van der Waals surface area (Å²) in [7, 11) is 0. The zero-order chi connectivity index (χ0) is 12.3. The van der Waals surface area contributed by atoms with Crippen LogP contribution in [0.15, 0.2) is 29.2 Å². The zero-order valence-corrected chi connectivity index (χ0v) is 11.2. The molecule has 0 bridgehead atoms. The predicted molar refractivity (Wildman–Crippen MR) is 72.0 cm³/mol. The molecule has 1 fully saturated rings. The minimum absolute atomic E-state index is 0.214. The third kappa shape index (κ3) is 4.08. The average Bonchev–Trinajstić information content (AvgIpc) is 3.11. The van der Waals surface area contributed by atoms with Crippen LogP contribution < -0.4 is 5.32 Å². The molecule has 0 saturated heterocycles. The van der Waals surface area contributed by atoms with Crippen molar-refractivity contribution in [2.24, 2.45) is 5.92 Å². The van der Waals surface area contributed by atoms with Crippen LogP contribution in [0.4, 0.5) is 0 Å². The summed E-state index contributed by atoms with van der Waals surface area (Å²) in [6, 6.07) is 8.45. The van der Waals surface area contributed by atoms with Gasteiger partial charge in [-0.15, -0.1) is 11.8 Å². The Kier molecular flexibility index (Phi) is 4.11. The third-order valence-electron chi connectivity index (χ3n) is 2.71. The van der Waals surface area contributed by atoms with Gasteiger partial charge in [-0.1, -0.05) is 26.0 Å². The maximum absolute atomic E-state index is 11.5. The van der Waals surface area contributed by atoms with Gasteiger partial charge in [0, 0.05) is 22.6 Å². The Bertz CT molecular complexity index is 382. The lowest BCUT2D eigenvalue weighted by Gasteiger charge is -2.07. The summed E-state index contributed by atoms with van der Waals surface area (Å²) < 4.78 is 0. The van der Waals surface area contributed by atoms with Crippen LogP contribution in [0.5, 0.6) is 0 Å². The van der Waals surface area contributed by atoms with Crippen LogP contribution in [-0.4, -0.2) is 11.2 Å². The normalized spacial score (nSPS) is 15.0. The van der Waals surface area contributed by atoms with Gasteiger partial charge in [0.25, 0.3) is 0 Å². The molecular formula is C14H19NOS. The molecule has 0 radical (unpaired) electrons. The molecule has 17 heavy (non-hydrogen) atoms. The quantitative estimate of drug-likeness (QED) is 0.812.